The molecule has 0 spiro atoms. The van der Waals surface area contributed by atoms with Gasteiger partial charge in [-0.2, -0.15) is 0 Å². The van der Waals surface area contributed by atoms with Crippen molar-refractivity contribution >= 4 is 17.3 Å². The smallest absolute Gasteiger partial charge is 0.261 e. The van der Waals surface area contributed by atoms with E-state index in [1.54, 1.807) is 12.3 Å². The number of amides is 1. The highest BCUT2D eigenvalue weighted by molar-refractivity contribution is 6.08. The molecule has 2 heterocycles. The first-order valence-corrected chi connectivity index (χ1v) is 9.16. The van der Waals surface area contributed by atoms with E-state index in [1.807, 2.05) is 54.6 Å². The molecule has 4 rings (SSSR count). The number of benzene rings is 2. The van der Waals surface area contributed by atoms with Crippen molar-refractivity contribution < 1.29 is 4.79 Å². The Labute approximate surface area is 157 Å². The van der Waals surface area contributed by atoms with Crippen LogP contribution in [0.3, 0.4) is 0 Å². The lowest BCUT2D eigenvalue weighted by atomic mass is 10.0. The topological polar surface area (TPSA) is 65.2 Å². The highest BCUT2D eigenvalue weighted by atomic mass is 16.2. The minimum atomic E-state index is -0.412. The standard InChI is InChI=1S/C22H21N3O2/c26-21-20(19(12-13-23-21)16-6-2-1-3-7-16)22(27)24-17-8-10-18(11-9-17)25-14-4-5-15-25/h1-3,6-13H,4-5,14-15H2,(H,23,26)(H,24,27). The van der Waals surface area contributed by atoms with Crippen molar-refractivity contribution in [2.75, 3.05) is 23.3 Å². The maximum Gasteiger partial charge on any atom is 0.261 e. The fourth-order valence-electron chi connectivity index (χ4n) is 3.49. The van der Waals surface area contributed by atoms with Crippen LogP contribution < -0.4 is 15.8 Å². The van der Waals surface area contributed by atoms with Crippen LogP contribution in [0.2, 0.25) is 0 Å². The van der Waals surface area contributed by atoms with E-state index in [1.165, 1.54) is 12.8 Å². The summed E-state index contributed by atoms with van der Waals surface area (Å²) in [5.41, 5.74) is 3.00. The third-order valence-corrected chi connectivity index (χ3v) is 4.87. The van der Waals surface area contributed by atoms with Gasteiger partial charge in [0.25, 0.3) is 11.5 Å². The molecule has 0 aliphatic carbocycles. The summed E-state index contributed by atoms with van der Waals surface area (Å²) in [5, 5.41) is 2.85. The summed E-state index contributed by atoms with van der Waals surface area (Å²) in [5.74, 6) is -0.412. The van der Waals surface area contributed by atoms with Crippen LogP contribution in [0, 0.1) is 0 Å². The second-order valence-electron chi connectivity index (χ2n) is 6.66. The minimum absolute atomic E-state index is 0.118. The van der Waals surface area contributed by atoms with Crippen LogP contribution in [-0.2, 0) is 0 Å². The van der Waals surface area contributed by atoms with Crippen LogP contribution in [0.4, 0.5) is 11.4 Å². The van der Waals surface area contributed by atoms with Gasteiger partial charge < -0.3 is 15.2 Å². The fraction of sp³-hybridized carbons (Fsp3) is 0.182. The summed E-state index contributed by atoms with van der Waals surface area (Å²) >= 11 is 0. The number of aromatic nitrogens is 1. The molecule has 5 nitrogen and oxygen atoms in total. The van der Waals surface area contributed by atoms with E-state index in [0.717, 1.165) is 24.3 Å². The zero-order chi connectivity index (χ0) is 18.6. The first kappa shape index (κ1) is 17.1. The molecule has 1 aliphatic rings. The van der Waals surface area contributed by atoms with Crippen molar-refractivity contribution in [3.05, 3.63) is 82.8 Å². The molecule has 0 unspecified atom stereocenters. The van der Waals surface area contributed by atoms with Gasteiger partial charge in [0.1, 0.15) is 5.56 Å². The number of hydrogen-bond donors (Lipinski definition) is 2. The molecule has 2 N–H and O–H groups in total. The van der Waals surface area contributed by atoms with Crippen LogP contribution in [0.5, 0.6) is 0 Å². The number of carbonyl (C=O) groups excluding carboxylic acids is 1. The normalized spacial score (nSPS) is 13.6. The Bertz CT molecular complexity index is 988. The van der Waals surface area contributed by atoms with Crippen molar-refractivity contribution in [3.63, 3.8) is 0 Å². The number of carbonyl (C=O) groups is 1. The number of rotatable bonds is 4. The predicted octanol–water partition coefficient (Wildman–Crippen LogP) is 3.89. The van der Waals surface area contributed by atoms with Gasteiger partial charge in [-0.1, -0.05) is 30.3 Å². The maximum atomic E-state index is 12.8. The molecule has 1 fully saturated rings. The number of aromatic amines is 1. The molecule has 0 atom stereocenters. The molecular weight excluding hydrogens is 338 g/mol. The summed E-state index contributed by atoms with van der Waals surface area (Å²) in [4.78, 5) is 30.1. The zero-order valence-corrected chi connectivity index (χ0v) is 14.9. The minimum Gasteiger partial charge on any atom is -0.372 e. The van der Waals surface area contributed by atoms with Crippen LogP contribution >= 0.6 is 0 Å². The first-order valence-electron chi connectivity index (χ1n) is 9.16. The summed E-state index contributed by atoms with van der Waals surface area (Å²) in [7, 11) is 0. The Morgan fingerprint density at radius 3 is 2.33 bits per heavy atom. The van der Waals surface area contributed by atoms with E-state index < -0.39 is 11.5 Å². The second kappa shape index (κ2) is 7.50. The van der Waals surface area contributed by atoms with Crippen molar-refractivity contribution in [1.29, 1.82) is 0 Å². The van der Waals surface area contributed by atoms with Crippen LogP contribution in [0.25, 0.3) is 11.1 Å². The lowest BCUT2D eigenvalue weighted by Gasteiger charge is -2.18. The second-order valence-corrected chi connectivity index (χ2v) is 6.66. The molecule has 1 aliphatic heterocycles. The van der Waals surface area contributed by atoms with Crippen molar-refractivity contribution in [1.82, 2.24) is 4.98 Å². The molecule has 0 bridgehead atoms. The summed E-state index contributed by atoms with van der Waals surface area (Å²) < 4.78 is 0. The molecule has 0 radical (unpaired) electrons. The highest BCUT2D eigenvalue weighted by Gasteiger charge is 2.18. The lowest BCUT2D eigenvalue weighted by molar-refractivity contribution is 0.102. The molecule has 27 heavy (non-hydrogen) atoms. The van der Waals surface area contributed by atoms with E-state index in [4.69, 9.17) is 0 Å². The van der Waals surface area contributed by atoms with E-state index in [-0.39, 0.29) is 5.56 Å². The predicted molar refractivity (Wildman–Crippen MR) is 108 cm³/mol. The lowest BCUT2D eigenvalue weighted by Crippen LogP contribution is -2.24. The van der Waals surface area contributed by atoms with E-state index in [9.17, 15) is 9.59 Å². The van der Waals surface area contributed by atoms with Gasteiger partial charge in [0.15, 0.2) is 0 Å². The van der Waals surface area contributed by atoms with E-state index in [0.29, 0.717) is 11.3 Å². The van der Waals surface area contributed by atoms with Crippen molar-refractivity contribution in [2.24, 2.45) is 0 Å². The summed E-state index contributed by atoms with van der Waals surface area (Å²) in [6, 6.07) is 19.0. The molecule has 1 amide bonds. The van der Waals surface area contributed by atoms with Gasteiger partial charge in [0.2, 0.25) is 0 Å². The Balaban J connectivity index is 1.59. The average molecular weight is 359 g/mol. The third-order valence-electron chi connectivity index (χ3n) is 4.87. The molecule has 2 aromatic carbocycles. The molecule has 1 saturated heterocycles. The monoisotopic (exact) mass is 359 g/mol. The molecule has 5 heteroatoms. The van der Waals surface area contributed by atoms with E-state index in [2.05, 4.69) is 15.2 Å². The summed E-state index contributed by atoms with van der Waals surface area (Å²) in [6.07, 6.45) is 4.00. The maximum absolute atomic E-state index is 12.8. The number of H-pyrrole nitrogens is 1. The number of nitrogens with one attached hydrogen (secondary N) is 2. The van der Waals surface area contributed by atoms with Gasteiger partial charge in [-0.25, -0.2) is 0 Å². The van der Waals surface area contributed by atoms with Crippen molar-refractivity contribution in [2.45, 2.75) is 12.8 Å². The number of pyridine rings is 1. The van der Waals surface area contributed by atoms with Crippen molar-refractivity contribution in [3.8, 4) is 11.1 Å². The van der Waals surface area contributed by atoms with Gasteiger partial charge in [-0.05, 0) is 48.7 Å². The zero-order valence-electron chi connectivity index (χ0n) is 14.9. The Hall–Kier alpha value is -3.34. The van der Waals surface area contributed by atoms with Crippen LogP contribution in [0.15, 0.2) is 71.7 Å². The van der Waals surface area contributed by atoms with E-state index >= 15 is 0 Å². The Kier molecular flexibility index (Phi) is 4.75. The van der Waals surface area contributed by atoms with Gasteiger partial charge in [-0.15, -0.1) is 0 Å². The average Bonchev–Trinajstić information content (AvgIpc) is 3.24. The number of anilines is 2. The summed E-state index contributed by atoms with van der Waals surface area (Å²) in [6.45, 7) is 2.15. The fourth-order valence-corrected chi connectivity index (χ4v) is 3.49. The first-order chi connectivity index (χ1) is 13.2. The Morgan fingerprint density at radius 1 is 0.926 bits per heavy atom. The number of hydrogen-bond acceptors (Lipinski definition) is 3. The molecule has 1 aromatic heterocycles. The molecular formula is C22H21N3O2. The highest BCUT2D eigenvalue weighted by Crippen LogP contribution is 2.24. The van der Waals surface area contributed by atoms with Gasteiger partial charge in [-0.3, -0.25) is 9.59 Å². The molecule has 3 aromatic rings. The molecule has 136 valence electrons. The van der Waals surface area contributed by atoms with Gasteiger partial charge >= 0.3 is 0 Å². The molecule has 0 saturated carbocycles. The largest absolute Gasteiger partial charge is 0.372 e. The Morgan fingerprint density at radius 2 is 1.63 bits per heavy atom. The van der Waals surface area contributed by atoms with Gasteiger partial charge in [0.05, 0.1) is 0 Å². The van der Waals surface area contributed by atoms with Crippen LogP contribution in [-0.4, -0.2) is 24.0 Å². The quantitative estimate of drug-likeness (QED) is 0.743. The number of nitrogens with zero attached hydrogens (tertiary/aromatic N) is 1. The van der Waals surface area contributed by atoms with Crippen LogP contribution in [0.1, 0.15) is 23.2 Å². The third kappa shape index (κ3) is 3.62. The SMILES string of the molecule is O=C(Nc1ccc(N2CCCC2)cc1)c1c(-c2ccccc2)cc[nH]c1=O. The van der Waals surface area contributed by atoms with Gasteiger partial charge in [0, 0.05) is 36.2 Å².